The Hall–Kier alpha value is -0.880. The van der Waals surface area contributed by atoms with Crippen molar-refractivity contribution in [3.63, 3.8) is 0 Å². The van der Waals surface area contributed by atoms with E-state index in [1.807, 2.05) is 0 Å². The molecule has 0 aromatic rings. The summed E-state index contributed by atoms with van der Waals surface area (Å²) in [5.41, 5.74) is 0.106. The summed E-state index contributed by atoms with van der Waals surface area (Å²) in [6, 6.07) is -0.788. The molecule has 21 heavy (non-hydrogen) atoms. The Kier molecular flexibility index (Phi) is 4.10. The molecule has 118 valence electrons. The predicted molar refractivity (Wildman–Crippen MR) is 82.7 cm³/mol. The minimum Gasteiger partial charge on any atom is -0.467 e. The molecule has 0 aliphatic heterocycles. The first-order chi connectivity index (χ1) is 10.0. The van der Waals surface area contributed by atoms with Crippen LogP contribution in [-0.4, -0.2) is 41.5 Å². The second kappa shape index (κ2) is 5.72. The number of thiocarbonyl (C=S) groups is 1. The molecule has 6 heteroatoms. The van der Waals surface area contributed by atoms with E-state index in [9.17, 15) is 9.90 Å². The maximum Gasteiger partial charge on any atom is 0.330 e. The van der Waals surface area contributed by atoms with Crippen LogP contribution in [0.2, 0.25) is 0 Å². The summed E-state index contributed by atoms with van der Waals surface area (Å²) in [5.74, 6) is 2.01. The molecule has 4 rings (SSSR count). The molecule has 0 saturated heterocycles. The van der Waals surface area contributed by atoms with Crippen molar-refractivity contribution in [2.45, 2.75) is 50.1 Å². The van der Waals surface area contributed by atoms with E-state index in [1.165, 1.54) is 45.6 Å². The van der Waals surface area contributed by atoms with E-state index in [1.54, 1.807) is 0 Å². The number of carbonyl (C=O) groups excluding carboxylic acids is 1. The number of esters is 1. The van der Waals surface area contributed by atoms with Gasteiger partial charge in [-0.25, -0.2) is 4.79 Å². The normalized spacial score (nSPS) is 37.9. The van der Waals surface area contributed by atoms with Crippen molar-refractivity contribution >= 4 is 23.3 Å². The van der Waals surface area contributed by atoms with Gasteiger partial charge < -0.3 is 20.5 Å². The van der Waals surface area contributed by atoms with E-state index in [0.717, 1.165) is 17.8 Å². The highest BCUT2D eigenvalue weighted by atomic mass is 32.1. The molecule has 0 amide bonds. The summed E-state index contributed by atoms with van der Waals surface area (Å²) in [4.78, 5) is 11.5. The first kappa shape index (κ1) is 15.0. The standard InChI is InChI=1S/C15H24N2O3S/c1-20-13(19)12(8-18)16-14(21)17-15-5-9-2-10(6-15)4-11(3-9)7-15/h9-12,18H,2-8H2,1H3,(H2,16,17,21). The number of methoxy groups -OCH3 is 1. The molecule has 4 aliphatic rings. The van der Waals surface area contributed by atoms with Crippen LogP contribution >= 0.6 is 12.2 Å². The summed E-state index contributed by atoms with van der Waals surface area (Å²) in [5, 5.41) is 16.1. The number of nitrogens with one attached hydrogen (secondary N) is 2. The zero-order valence-corrected chi connectivity index (χ0v) is 13.2. The van der Waals surface area contributed by atoms with Crippen molar-refractivity contribution in [3.05, 3.63) is 0 Å². The quantitative estimate of drug-likeness (QED) is 0.530. The third-order valence-electron chi connectivity index (χ3n) is 5.39. The Morgan fingerprint density at radius 2 is 1.81 bits per heavy atom. The van der Waals surface area contributed by atoms with E-state index < -0.39 is 12.0 Å². The molecular weight excluding hydrogens is 288 g/mol. The first-order valence-electron chi connectivity index (χ1n) is 7.81. The molecular formula is C15H24N2O3S. The molecule has 0 aromatic heterocycles. The van der Waals surface area contributed by atoms with Gasteiger partial charge in [0.2, 0.25) is 0 Å². The smallest absolute Gasteiger partial charge is 0.330 e. The lowest BCUT2D eigenvalue weighted by molar-refractivity contribution is -0.143. The Morgan fingerprint density at radius 1 is 1.29 bits per heavy atom. The molecule has 4 saturated carbocycles. The third kappa shape index (κ3) is 3.01. The Bertz CT molecular complexity index is 405. The van der Waals surface area contributed by atoms with Crippen LogP contribution in [0.4, 0.5) is 0 Å². The van der Waals surface area contributed by atoms with Gasteiger partial charge in [-0.3, -0.25) is 0 Å². The molecule has 4 fully saturated rings. The van der Waals surface area contributed by atoms with Crippen LogP contribution < -0.4 is 10.6 Å². The van der Waals surface area contributed by atoms with E-state index in [-0.39, 0.29) is 12.1 Å². The van der Waals surface area contributed by atoms with Crippen LogP contribution in [0.15, 0.2) is 0 Å². The number of hydrogen-bond acceptors (Lipinski definition) is 4. The molecule has 0 heterocycles. The average Bonchev–Trinajstić information content (AvgIpc) is 2.41. The fourth-order valence-corrected chi connectivity index (χ4v) is 5.38. The summed E-state index contributed by atoms with van der Waals surface area (Å²) in [6.07, 6.45) is 7.68. The highest BCUT2D eigenvalue weighted by molar-refractivity contribution is 7.80. The van der Waals surface area contributed by atoms with Gasteiger partial charge in [0.05, 0.1) is 13.7 Å². The largest absolute Gasteiger partial charge is 0.467 e. The van der Waals surface area contributed by atoms with Gasteiger partial charge >= 0.3 is 5.97 Å². The SMILES string of the molecule is COC(=O)C(CO)NC(=S)NC12CC3CC(CC(C3)C1)C2. The van der Waals surface area contributed by atoms with Crippen LogP contribution in [0.3, 0.4) is 0 Å². The van der Waals surface area contributed by atoms with Crippen LogP contribution in [0, 0.1) is 17.8 Å². The molecule has 1 unspecified atom stereocenters. The molecule has 4 bridgehead atoms. The van der Waals surface area contributed by atoms with Crippen LogP contribution in [0.25, 0.3) is 0 Å². The molecule has 5 nitrogen and oxygen atoms in total. The molecule has 0 spiro atoms. The van der Waals surface area contributed by atoms with Gasteiger partial charge in [-0.2, -0.15) is 0 Å². The minimum atomic E-state index is -0.788. The minimum absolute atomic E-state index is 0.106. The van der Waals surface area contributed by atoms with Crippen molar-refractivity contribution in [1.82, 2.24) is 10.6 Å². The number of aliphatic hydroxyl groups is 1. The Labute approximate surface area is 130 Å². The van der Waals surface area contributed by atoms with Crippen LogP contribution in [0.1, 0.15) is 38.5 Å². The molecule has 1 atom stereocenters. The predicted octanol–water partition coefficient (Wildman–Crippen LogP) is 0.953. The van der Waals surface area contributed by atoms with Crippen molar-refractivity contribution in [3.8, 4) is 0 Å². The van der Waals surface area contributed by atoms with Gasteiger partial charge in [0.1, 0.15) is 6.04 Å². The molecule has 0 aromatic carbocycles. The summed E-state index contributed by atoms with van der Waals surface area (Å²) >= 11 is 5.36. The lowest BCUT2D eigenvalue weighted by Crippen LogP contribution is -2.62. The Balaban J connectivity index is 1.61. The average molecular weight is 312 g/mol. The monoisotopic (exact) mass is 312 g/mol. The Morgan fingerprint density at radius 3 is 2.24 bits per heavy atom. The second-order valence-electron chi connectivity index (χ2n) is 7.05. The van der Waals surface area contributed by atoms with Gasteiger partial charge in [-0.15, -0.1) is 0 Å². The number of carbonyl (C=O) groups is 1. The van der Waals surface area contributed by atoms with E-state index in [4.69, 9.17) is 12.2 Å². The van der Waals surface area contributed by atoms with Gasteiger partial charge in [0.25, 0.3) is 0 Å². The number of rotatable bonds is 4. The fraction of sp³-hybridized carbons (Fsp3) is 0.867. The molecule has 4 aliphatic carbocycles. The van der Waals surface area contributed by atoms with Gasteiger partial charge in [0.15, 0.2) is 5.11 Å². The van der Waals surface area contributed by atoms with Crippen LogP contribution in [-0.2, 0) is 9.53 Å². The molecule has 3 N–H and O–H groups in total. The van der Waals surface area contributed by atoms with E-state index in [2.05, 4.69) is 15.4 Å². The maximum absolute atomic E-state index is 11.5. The first-order valence-corrected chi connectivity index (χ1v) is 8.22. The maximum atomic E-state index is 11.5. The lowest BCUT2D eigenvalue weighted by atomic mass is 9.53. The zero-order chi connectivity index (χ0) is 15.0. The highest BCUT2D eigenvalue weighted by Crippen LogP contribution is 2.55. The van der Waals surface area contributed by atoms with Gasteiger partial charge in [0, 0.05) is 5.54 Å². The molecule has 0 radical (unpaired) electrons. The zero-order valence-electron chi connectivity index (χ0n) is 12.4. The van der Waals surface area contributed by atoms with Crippen molar-refractivity contribution in [1.29, 1.82) is 0 Å². The van der Waals surface area contributed by atoms with E-state index >= 15 is 0 Å². The summed E-state index contributed by atoms with van der Waals surface area (Å²) < 4.78 is 4.65. The lowest BCUT2D eigenvalue weighted by Gasteiger charge is -2.57. The summed E-state index contributed by atoms with van der Waals surface area (Å²) in [6.45, 7) is -0.324. The third-order valence-corrected chi connectivity index (χ3v) is 5.61. The van der Waals surface area contributed by atoms with Crippen molar-refractivity contribution < 1.29 is 14.6 Å². The number of ether oxygens (including phenoxy) is 1. The fourth-order valence-electron chi connectivity index (χ4n) is 5.02. The number of hydrogen-bond donors (Lipinski definition) is 3. The summed E-state index contributed by atoms with van der Waals surface area (Å²) in [7, 11) is 1.31. The van der Waals surface area contributed by atoms with Crippen LogP contribution in [0.5, 0.6) is 0 Å². The van der Waals surface area contributed by atoms with E-state index in [0.29, 0.717) is 5.11 Å². The second-order valence-corrected chi connectivity index (χ2v) is 7.46. The van der Waals surface area contributed by atoms with Crippen molar-refractivity contribution in [2.75, 3.05) is 13.7 Å². The highest BCUT2D eigenvalue weighted by Gasteiger charge is 2.51. The number of aliphatic hydroxyl groups excluding tert-OH is 1. The van der Waals surface area contributed by atoms with Crippen molar-refractivity contribution in [2.24, 2.45) is 17.8 Å². The van der Waals surface area contributed by atoms with Gasteiger partial charge in [-0.05, 0) is 68.5 Å². The van der Waals surface area contributed by atoms with Gasteiger partial charge in [-0.1, -0.05) is 0 Å². The topological polar surface area (TPSA) is 70.6 Å².